The molecule has 1 nitrogen and oxygen atoms in total. The van der Waals surface area contributed by atoms with E-state index in [4.69, 9.17) is 0 Å². The van der Waals surface area contributed by atoms with Crippen molar-refractivity contribution in [2.24, 2.45) is 5.41 Å². The maximum Gasteiger partial charge on any atom is 0.00699 e. The van der Waals surface area contributed by atoms with Gasteiger partial charge >= 0.3 is 0 Å². The lowest BCUT2D eigenvalue weighted by Crippen LogP contribution is -2.40. The summed E-state index contributed by atoms with van der Waals surface area (Å²) in [4.78, 5) is 0. The van der Waals surface area contributed by atoms with Crippen molar-refractivity contribution in [2.45, 2.75) is 104 Å². The average molecular weight is 253 g/mol. The minimum Gasteiger partial charge on any atom is -0.312 e. The largest absolute Gasteiger partial charge is 0.312 e. The van der Waals surface area contributed by atoms with Crippen molar-refractivity contribution >= 4 is 0 Å². The maximum atomic E-state index is 3.85. The Balaban J connectivity index is 2.04. The van der Waals surface area contributed by atoms with Gasteiger partial charge in [-0.1, -0.05) is 52.9 Å². The Labute approximate surface area is 115 Å². The van der Waals surface area contributed by atoms with Crippen LogP contribution in [0.25, 0.3) is 0 Å². The highest BCUT2D eigenvalue weighted by Crippen LogP contribution is 2.35. The molecule has 1 N–H and O–H groups in total. The van der Waals surface area contributed by atoms with Crippen molar-refractivity contribution < 1.29 is 0 Å². The molecular weight excluding hydrogens is 218 g/mol. The summed E-state index contributed by atoms with van der Waals surface area (Å²) in [7, 11) is 0. The summed E-state index contributed by atoms with van der Waals surface area (Å²) in [5.41, 5.74) is 0.599. The molecule has 1 atom stereocenters. The van der Waals surface area contributed by atoms with Crippen LogP contribution in [0, 0.1) is 5.41 Å². The van der Waals surface area contributed by atoms with E-state index in [0.717, 1.165) is 12.1 Å². The molecule has 1 aliphatic rings. The summed E-state index contributed by atoms with van der Waals surface area (Å²) < 4.78 is 0. The molecule has 0 aromatic carbocycles. The van der Waals surface area contributed by atoms with Crippen LogP contribution in [-0.2, 0) is 0 Å². The average Bonchev–Trinajstić information content (AvgIpc) is 2.32. The van der Waals surface area contributed by atoms with Crippen LogP contribution >= 0.6 is 0 Å². The predicted octanol–water partition coefficient (Wildman–Crippen LogP) is 5.29. The minimum atomic E-state index is 0.599. The third-order valence-electron chi connectivity index (χ3n) is 4.60. The zero-order chi connectivity index (χ0) is 13.4. The van der Waals surface area contributed by atoms with Gasteiger partial charge in [-0.25, -0.2) is 0 Å². The Morgan fingerprint density at radius 1 is 1.06 bits per heavy atom. The van der Waals surface area contributed by atoms with Gasteiger partial charge in [-0.2, -0.15) is 0 Å². The fourth-order valence-electron chi connectivity index (χ4n) is 3.11. The van der Waals surface area contributed by atoms with E-state index in [-0.39, 0.29) is 0 Å². The number of hydrogen-bond donors (Lipinski definition) is 1. The Kier molecular flexibility index (Phi) is 7.29. The second-order valence-corrected chi connectivity index (χ2v) is 7.21. The Bertz CT molecular complexity index is 200. The smallest absolute Gasteiger partial charge is 0.00699 e. The molecular formula is C17H35N. The van der Waals surface area contributed by atoms with Crippen LogP contribution < -0.4 is 5.32 Å². The van der Waals surface area contributed by atoms with Crippen LogP contribution in [0.5, 0.6) is 0 Å². The van der Waals surface area contributed by atoms with Crippen molar-refractivity contribution in [1.29, 1.82) is 0 Å². The first-order chi connectivity index (χ1) is 8.53. The number of unbranched alkanes of at least 4 members (excludes halogenated alkanes) is 4. The van der Waals surface area contributed by atoms with Gasteiger partial charge in [0.05, 0.1) is 0 Å². The molecule has 0 aliphatic heterocycles. The third kappa shape index (κ3) is 6.78. The Morgan fingerprint density at radius 3 is 2.28 bits per heavy atom. The van der Waals surface area contributed by atoms with Crippen LogP contribution in [-0.4, -0.2) is 12.1 Å². The highest BCUT2D eigenvalue weighted by molar-refractivity contribution is 4.83. The number of nitrogens with one attached hydrogen (secondary N) is 1. The van der Waals surface area contributed by atoms with E-state index < -0.39 is 0 Å². The van der Waals surface area contributed by atoms with Gasteiger partial charge in [0.1, 0.15) is 0 Å². The number of hydrogen-bond acceptors (Lipinski definition) is 1. The van der Waals surface area contributed by atoms with E-state index in [2.05, 4.69) is 33.0 Å². The van der Waals surface area contributed by atoms with Crippen molar-refractivity contribution in [3.05, 3.63) is 0 Å². The molecule has 0 amide bonds. The van der Waals surface area contributed by atoms with Crippen molar-refractivity contribution in [2.75, 3.05) is 0 Å². The zero-order valence-electron chi connectivity index (χ0n) is 13.2. The molecule has 18 heavy (non-hydrogen) atoms. The normalized spacial score (nSPS) is 22.0. The monoisotopic (exact) mass is 253 g/mol. The second kappa shape index (κ2) is 8.19. The fraction of sp³-hybridized carbons (Fsp3) is 1.00. The first kappa shape index (κ1) is 16.0. The second-order valence-electron chi connectivity index (χ2n) is 7.21. The van der Waals surface area contributed by atoms with Gasteiger partial charge < -0.3 is 5.32 Å². The van der Waals surface area contributed by atoms with Gasteiger partial charge in [0.25, 0.3) is 0 Å². The van der Waals surface area contributed by atoms with Crippen LogP contribution in [0.2, 0.25) is 0 Å². The van der Waals surface area contributed by atoms with Crippen LogP contribution in [0.15, 0.2) is 0 Å². The fourth-order valence-corrected chi connectivity index (χ4v) is 3.11. The summed E-state index contributed by atoms with van der Waals surface area (Å²) >= 11 is 0. The Morgan fingerprint density at radius 2 is 1.67 bits per heavy atom. The maximum absolute atomic E-state index is 3.85. The van der Waals surface area contributed by atoms with E-state index in [1.165, 1.54) is 64.2 Å². The molecule has 0 aromatic heterocycles. The third-order valence-corrected chi connectivity index (χ3v) is 4.60. The number of rotatable bonds is 8. The lowest BCUT2D eigenvalue weighted by molar-refractivity contribution is 0.198. The molecule has 1 aliphatic carbocycles. The molecule has 0 aromatic rings. The van der Waals surface area contributed by atoms with Crippen LogP contribution in [0.4, 0.5) is 0 Å². The molecule has 1 saturated carbocycles. The van der Waals surface area contributed by atoms with Gasteiger partial charge in [-0.05, 0) is 44.4 Å². The first-order valence-corrected chi connectivity index (χ1v) is 8.29. The summed E-state index contributed by atoms with van der Waals surface area (Å²) in [5, 5.41) is 3.85. The van der Waals surface area contributed by atoms with Crippen molar-refractivity contribution in [3.8, 4) is 0 Å². The quantitative estimate of drug-likeness (QED) is 0.579. The summed E-state index contributed by atoms with van der Waals surface area (Å²) in [6.07, 6.45) is 14.0. The van der Waals surface area contributed by atoms with Gasteiger partial charge in [-0.15, -0.1) is 0 Å². The van der Waals surface area contributed by atoms with Crippen molar-refractivity contribution in [3.63, 3.8) is 0 Å². The minimum absolute atomic E-state index is 0.599. The van der Waals surface area contributed by atoms with E-state index in [1.807, 2.05) is 0 Å². The molecule has 1 heteroatoms. The molecule has 1 fully saturated rings. The molecule has 108 valence electrons. The standard InChI is InChI=1S/C17H35N/c1-5-6-7-8-9-10-15(2)18-16-11-13-17(3,4)14-12-16/h15-16,18H,5-14H2,1-4H3. The molecule has 0 heterocycles. The summed E-state index contributed by atoms with van der Waals surface area (Å²) in [6, 6.07) is 1.52. The van der Waals surface area contributed by atoms with Gasteiger partial charge in [0.2, 0.25) is 0 Å². The molecule has 0 bridgehead atoms. The molecule has 0 saturated heterocycles. The SMILES string of the molecule is CCCCCCCC(C)NC1CCC(C)(C)CC1. The van der Waals surface area contributed by atoms with Crippen LogP contribution in [0.3, 0.4) is 0 Å². The van der Waals surface area contributed by atoms with Crippen molar-refractivity contribution in [1.82, 2.24) is 5.32 Å². The van der Waals surface area contributed by atoms with Gasteiger partial charge in [-0.3, -0.25) is 0 Å². The molecule has 1 rings (SSSR count). The highest BCUT2D eigenvalue weighted by Gasteiger charge is 2.26. The summed E-state index contributed by atoms with van der Waals surface area (Å²) in [6.45, 7) is 9.50. The van der Waals surface area contributed by atoms with Gasteiger partial charge in [0, 0.05) is 12.1 Å². The lowest BCUT2D eigenvalue weighted by Gasteiger charge is -2.36. The Hall–Kier alpha value is -0.0400. The predicted molar refractivity (Wildman–Crippen MR) is 82.0 cm³/mol. The highest BCUT2D eigenvalue weighted by atomic mass is 14.9. The van der Waals surface area contributed by atoms with E-state index in [0.29, 0.717) is 5.41 Å². The first-order valence-electron chi connectivity index (χ1n) is 8.29. The van der Waals surface area contributed by atoms with E-state index >= 15 is 0 Å². The molecule has 1 unspecified atom stereocenters. The summed E-state index contributed by atoms with van der Waals surface area (Å²) in [5.74, 6) is 0. The van der Waals surface area contributed by atoms with Gasteiger partial charge in [0.15, 0.2) is 0 Å². The van der Waals surface area contributed by atoms with E-state index in [9.17, 15) is 0 Å². The topological polar surface area (TPSA) is 12.0 Å². The molecule has 0 radical (unpaired) electrons. The molecule has 0 spiro atoms. The zero-order valence-corrected chi connectivity index (χ0v) is 13.2. The lowest BCUT2D eigenvalue weighted by atomic mass is 9.75. The van der Waals surface area contributed by atoms with Crippen LogP contribution in [0.1, 0.15) is 91.9 Å². The van der Waals surface area contributed by atoms with E-state index in [1.54, 1.807) is 0 Å².